The van der Waals surface area contributed by atoms with Gasteiger partial charge in [0.15, 0.2) is 0 Å². The fraction of sp³-hybridized carbons (Fsp3) is 0.400. The molecule has 1 aromatic rings. The van der Waals surface area contributed by atoms with Crippen molar-refractivity contribution in [2.75, 3.05) is 14.2 Å². The number of rotatable bonds is 2. The first-order valence-corrected chi connectivity index (χ1v) is 4.42. The quantitative estimate of drug-likeness (QED) is 0.869. The molecule has 0 aromatic heterocycles. The molecule has 0 radical (unpaired) electrons. The third-order valence-electron chi connectivity index (χ3n) is 2.48. The summed E-state index contributed by atoms with van der Waals surface area (Å²) in [6.07, 6.45) is 0. The summed E-state index contributed by atoms with van der Waals surface area (Å²) in [5.74, 6) is 0.996. The van der Waals surface area contributed by atoms with Crippen LogP contribution in [0.15, 0.2) is 18.2 Å². The maximum atomic E-state index is 5.30. The third kappa shape index (κ3) is 2.75. The fourth-order valence-corrected chi connectivity index (χ4v) is 1.74. The van der Waals surface area contributed by atoms with Crippen LogP contribution in [0.25, 0.3) is 0 Å². The third-order valence-corrected chi connectivity index (χ3v) is 2.48. The number of halogens is 2. The van der Waals surface area contributed by atoms with Crippen LogP contribution >= 0.6 is 24.8 Å². The van der Waals surface area contributed by atoms with Crippen LogP contribution in [0.5, 0.6) is 5.75 Å². The van der Waals surface area contributed by atoms with Gasteiger partial charge in [-0.3, -0.25) is 5.43 Å². The summed E-state index contributed by atoms with van der Waals surface area (Å²) in [4.78, 5) is 0. The van der Waals surface area contributed by atoms with Crippen LogP contribution in [-0.2, 0) is 13.1 Å². The maximum absolute atomic E-state index is 5.30. The Balaban J connectivity index is 0.000000980. The highest BCUT2D eigenvalue weighted by Gasteiger charge is 2.20. The van der Waals surface area contributed by atoms with Crippen molar-refractivity contribution in [2.45, 2.75) is 13.1 Å². The standard InChI is InChI=1S/C10H14N2O.2ClH/c1-11-12-6-8-4-3-5-10(13-2)9(8)7-12;;/h3-5,11H,6-7H2,1-2H3;2*1H. The van der Waals surface area contributed by atoms with Gasteiger partial charge in [-0.25, -0.2) is 5.01 Å². The summed E-state index contributed by atoms with van der Waals surface area (Å²) in [6, 6.07) is 6.20. The molecule has 15 heavy (non-hydrogen) atoms. The second-order valence-electron chi connectivity index (χ2n) is 3.18. The van der Waals surface area contributed by atoms with E-state index in [-0.39, 0.29) is 24.8 Å². The number of hydrogen-bond donors (Lipinski definition) is 1. The highest BCUT2D eigenvalue weighted by Crippen LogP contribution is 2.29. The van der Waals surface area contributed by atoms with Gasteiger partial charge in [0.05, 0.1) is 7.11 Å². The van der Waals surface area contributed by atoms with Crippen LogP contribution in [0.4, 0.5) is 0 Å². The topological polar surface area (TPSA) is 24.5 Å². The zero-order chi connectivity index (χ0) is 9.26. The minimum atomic E-state index is 0. The van der Waals surface area contributed by atoms with Gasteiger partial charge in [-0.05, 0) is 18.7 Å². The molecular weight excluding hydrogens is 235 g/mol. The van der Waals surface area contributed by atoms with E-state index < -0.39 is 0 Å². The van der Waals surface area contributed by atoms with Gasteiger partial charge >= 0.3 is 0 Å². The first kappa shape index (κ1) is 14.5. The van der Waals surface area contributed by atoms with Crippen molar-refractivity contribution in [3.05, 3.63) is 29.3 Å². The first-order chi connectivity index (χ1) is 6.35. The van der Waals surface area contributed by atoms with Crippen molar-refractivity contribution in [3.8, 4) is 5.75 Å². The van der Waals surface area contributed by atoms with E-state index in [1.807, 2.05) is 19.2 Å². The Morgan fingerprint density at radius 2 is 2.00 bits per heavy atom. The Hall–Kier alpha value is -0.480. The van der Waals surface area contributed by atoms with Gasteiger partial charge in [0.2, 0.25) is 0 Å². The Bertz CT molecular complexity index is 320. The van der Waals surface area contributed by atoms with Crippen LogP contribution in [-0.4, -0.2) is 19.2 Å². The van der Waals surface area contributed by atoms with E-state index in [4.69, 9.17) is 4.74 Å². The summed E-state index contributed by atoms with van der Waals surface area (Å²) in [7, 11) is 3.66. The van der Waals surface area contributed by atoms with Crippen LogP contribution in [0, 0.1) is 0 Å². The summed E-state index contributed by atoms with van der Waals surface area (Å²) < 4.78 is 5.30. The Morgan fingerprint density at radius 3 is 2.60 bits per heavy atom. The fourth-order valence-electron chi connectivity index (χ4n) is 1.74. The maximum Gasteiger partial charge on any atom is 0.123 e. The van der Waals surface area contributed by atoms with Crippen LogP contribution in [0.2, 0.25) is 0 Å². The van der Waals surface area contributed by atoms with Gasteiger partial charge in [0.25, 0.3) is 0 Å². The predicted molar refractivity (Wildman–Crippen MR) is 65.8 cm³/mol. The molecule has 1 aliphatic heterocycles. The summed E-state index contributed by atoms with van der Waals surface area (Å²) in [5, 5.41) is 2.16. The summed E-state index contributed by atoms with van der Waals surface area (Å²) >= 11 is 0. The average Bonchev–Trinajstić information content (AvgIpc) is 2.59. The SMILES string of the molecule is CNN1Cc2cccc(OC)c2C1.Cl.Cl. The molecule has 86 valence electrons. The van der Waals surface area contributed by atoms with E-state index in [0.717, 1.165) is 18.8 Å². The number of hydrogen-bond acceptors (Lipinski definition) is 3. The minimum absolute atomic E-state index is 0. The van der Waals surface area contributed by atoms with E-state index in [2.05, 4.69) is 16.5 Å². The van der Waals surface area contributed by atoms with Gasteiger partial charge < -0.3 is 4.74 Å². The normalized spacial score (nSPS) is 13.7. The number of hydrazine groups is 1. The highest BCUT2D eigenvalue weighted by molar-refractivity contribution is 5.85. The van der Waals surface area contributed by atoms with Gasteiger partial charge in [-0.1, -0.05) is 12.1 Å². The smallest absolute Gasteiger partial charge is 0.123 e. The summed E-state index contributed by atoms with van der Waals surface area (Å²) in [5.41, 5.74) is 5.80. The molecular formula is C10H16Cl2N2O. The Kier molecular flexibility index (Phi) is 5.98. The van der Waals surface area contributed by atoms with Crippen molar-refractivity contribution >= 4 is 24.8 Å². The van der Waals surface area contributed by atoms with Crippen molar-refractivity contribution in [2.24, 2.45) is 0 Å². The number of benzene rings is 1. The molecule has 0 amide bonds. The number of nitrogens with zero attached hydrogens (tertiary/aromatic N) is 1. The van der Waals surface area contributed by atoms with Gasteiger partial charge in [0, 0.05) is 18.7 Å². The number of methoxy groups -OCH3 is 1. The molecule has 5 heteroatoms. The Labute approximate surface area is 103 Å². The van der Waals surface area contributed by atoms with Gasteiger partial charge in [0.1, 0.15) is 5.75 Å². The number of nitrogens with one attached hydrogen (secondary N) is 1. The zero-order valence-corrected chi connectivity index (χ0v) is 10.5. The average molecular weight is 251 g/mol. The molecule has 0 saturated carbocycles. The molecule has 0 unspecified atom stereocenters. The van der Waals surface area contributed by atoms with Crippen LogP contribution < -0.4 is 10.2 Å². The molecule has 2 rings (SSSR count). The molecule has 1 aromatic carbocycles. The molecule has 0 bridgehead atoms. The lowest BCUT2D eigenvalue weighted by Gasteiger charge is -2.11. The molecule has 1 heterocycles. The van der Waals surface area contributed by atoms with E-state index >= 15 is 0 Å². The van der Waals surface area contributed by atoms with E-state index in [1.165, 1.54) is 11.1 Å². The molecule has 3 nitrogen and oxygen atoms in total. The predicted octanol–water partition coefficient (Wildman–Crippen LogP) is 1.99. The molecule has 0 aliphatic carbocycles. The molecule has 1 aliphatic rings. The molecule has 0 fully saturated rings. The highest BCUT2D eigenvalue weighted by atomic mass is 35.5. The van der Waals surface area contributed by atoms with E-state index in [1.54, 1.807) is 7.11 Å². The molecule has 1 N–H and O–H groups in total. The van der Waals surface area contributed by atoms with E-state index in [9.17, 15) is 0 Å². The lowest BCUT2D eigenvalue weighted by Crippen LogP contribution is -2.29. The monoisotopic (exact) mass is 250 g/mol. The van der Waals surface area contributed by atoms with Crippen LogP contribution in [0.3, 0.4) is 0 Å². The van der Waals surface area contributed by atoms with Crippen molar-refractivity contribution in [1.82, 2.24) is 10.4 Å². The van der Waals surface area contributed by atoms with Crippen molar-refractivity contribution < 1.29 is 4.74 Å². The number of fused-ring (bicyclic) bond motifs is 1. The van der Waals surface area contributed by atoms with E-state index in [0.29, 0.717) is 0 Å². The molecule has 0 spiro atoms. The second-order valence-corrected chi connectivity index (χ2v) is 3.18. The first-order valence-electron chi connectivity index (χ1n) is 4.42. The lowest BCUT2D eigenvalue weighted by molar-refractivity contribution is 0.211. The zero-order valence-electron chi connectivity index (χ0n) is 8.82. The summed E-state index contributed by atoms with van der Waals surface area (Å²) in [6.45, 7) is 1.89. The molecule has 0 saturated heterocycles. The van der Waals surface area contributed by atoms with Crippen molar-refractivity contribution in [3.63, 3.8) is 0 Å². The number of ether oxygens (including phenoxy) is 1. The van der Waals surface area contributed by atoms with Gasteiger partial charge in [-0.2, -0.15) is 0 Å². The van der Waals surface area contributed by atoms with Gasteiger partial charge in [-0.15, -0.1) is 24.8 Å². The Morgan fingerprint density at radius 1 is 1.27 bits per heavy atom. The minimum Gasteiger partial charge on any atom is -0.496 e. The lowest BCUT2D eigenvalue weighted by atomic mass is 10.1. The van der Waals surface area contributed by atoms with Crippen molar-refractivity contribution in [1.29, 1.82) is 0 Å². The second kappa shape index (κ2) is 6.18. The van der Waals surface area contributed by atoms with Crippen LogP contribution in [0.1, 0.15) is 11.1 Å². The molecule has 0 atom stereocenters. The largest absolute Gasteiger partial charge is 0.496 e.